The Balaban J connectivity index is 3.19. The average molecular weight is 267 g/mol. The van der Waals surface area contributed by atoms with Crippen molar-refractivity contribution in [3.05, 3.63) is 45.8 Å². The molecule has 0 aliphatic carbocycles. The standard InChI is InChI=1S/C13H14FNO4/c1-8(16)13(9(2)17)12(7-15(18)19)10-3-5-11(14)6-4-10/h3-6,12-13H,7H2,1-2H3/t12-/m1/s1. The summed E-state index contributed by atoms with van der Waals surface area (Å²) in [6.45, 7) is 1.90. The quantitative estimate of drug-likeness (QED) is 0.448. The second-order valence-electron chi connectivity index (χ2n) is 4.37. The van der Waals surface area contributed by atoms with Gasteiger partial charge in [-0.1, -0.05) is 12.1 Å². The summed E-state index contributed by atoms with van der Waals surface area (Å²) in [6.07, 6.45) is 0. The van der Waals surface area contributed by atoms with Gasteiger partial charge >= 0.3 is 0 Å². The normalized spacial score (nSPS) is 12.2. The molecule has 102 valence electrons. The number of carbonyl (C=O) groups is 2. The Morgan fingerprint density at radius 2 is 1.68 bits per heavy atom. The Morgan fingerprint density at radius 1 is 1.21 bits per heavy atom. The second kappa shape index (κ2) is 6.17. The van der Waals surface area contributed by atoms with Crippen LogP contribution in [0.5, 0.6) is 0 Å². The molecule has 0 fully saturated rings. The van der Waals surface area contributed by atoms with Crippen molar-refractivity contribution in [3.63, 3.8) is 0 Å². The zero-order valence-electron chi connectivity index (χ0n) is 10.6. The predicted molar refractivity (Wildman–Crippen MR) is 65.9 cm³/mol. The fourth-order valence-electron chi connectivity index (χ4n) is 2.13. The Hall–Kier alpha value is -2.11. The molecule has 0 aromatic heterocycles. The van der Waals surface area contributed by atoms with Crippen molar-refractivity contribution >= 4 is 11.6 Å². The van der Waals surface area contributed by atoms with Crippen molar-refractivity contribution < 1.29 is 18.9 Å². The zero-order valence-corrected chi connectivity index (χ0v) is 10.6. The molecule has 1 rings (SSSR count). The molecule has 1 aromatic carbocycles. The molecule has 0 unspecified atom stereocenters. The molecule has 1 atom stereocenters. The molecule has 0 saturated carbocycles. The van der Waals surface area contributed by atoms with Crippen LogP contribution in [0.3, 0.4) is 0 Å². The van der Waals surface area contributed by atoms with Crippen LogP contribution in [-0.2, 0) is 9.59 Å². The third-order valence-electron chi connectivity index (χ3n) is 2.92. The Morgan fingerprint density at radius 3 is 2.05 bits per heavy atom. The Labute approximate surface area is 109 Å². The molecular weight excluding hydrogens is 253 g/mol. The highest BCUT2D eigenvalue weighted by Gasteiger charge is 2.34. The van der Waals surface area contributed by atoms with Gasteiger partial charge in [-0.2, -0.15) is 0 Å². The molecule has 1 aromatic rings. The Kier molecular flexibility index (Phi) is 4.86. The summed E-state index contributed by atoms with van der Waals surface area (Å²) in [5.41, 5.74) is 0.411. The molecular formula is C13H14FNO4. The molecule has 0 bridgehead atoms. The molecule has 0 N–H and O–H groups in total. The lowest BCUT2D eigenvalue weighted by atomic mass is 9.81. The highest BCUT2D eigenvalue weighted by atomic mass is 19.1. The molecule has 0 saturated heterocycles. The summed E-state index contributed by atoms with van der Waals surface area (Å²) in [7, 11) is 0. The number of benzene rings is 1. The number of Topliss-reactive ketones (excluding diaryl/α,β-unsaturated/α-hetero) is 2. The fourth-order valence-corrected chi connectivity index (χ4v) is 2.13. The van der Waals surface area contributed by atoms with Gasteiger partial charge in [-0.15, -0.1) is 0 Å². The van der Waals surface area contributed by atoms with Gasteiger partial charge in [0.1, 0.15) is 17.4 Å². The van der Waals surface area contributed by atoms with E-state index < -0.39 is 40.7 Å². The first-order valence-corrected chi connectivity index (χ1v) is 5.71. The van der Waals surface area contributed by atoms with Gasteiger partial charge in [-0.3, -0.25) is 19.7 Å². The van der Waals surface area contributed by atoms with Gasteiger partial charge in [-0.05, 0) is 31.5 Å². The monoisotopic (exact) mass is 267 g/mol. The number of nitrogens with zero attached hydrogens (tertiary/aromatic N) is 1. The maximum atomic E-state index is 12.9. The van der Waals surface area contributed by atoms with Crippen LogP contribution in [0.15, 0.2) is 24.3 Å². The van der Waals surface area contributed by atoms with Crippen LogP contribution >= 0.6 is 0 Å². The van der Waals surface area contributed by atoms with Crippen LogP contribution < -0.4 is 0 Å². The van der Waals surface area contributed by atoms with Gasteiger partial charge in [0.15, 0.2) is 0 Å². The van der Waals surface area contributed by atoms with Crippen LogP contribution in [0, 0.1) is 21.8 Å². The topological polar surface area (TPSA) is 77.3 Å². The van der Waals surface area contributed by atoms with E-state index in [2.05, 4.69) is 0 Å². The van der Waals surface area contributed by atoms with Crippen LogP contribution in [0.4, 0.5) is 4.39 Å². The number of halogens is 1. The predicted octanol–water partition coefficient (Wildman–Crippen LogP) is 1.98. The SMILES string of the molecule is CC(=O)C(C(C)=O)[C@H](C[N+](=O)[O-])c1ccc(F)cc1. The minimum Gasteiger partial charge on any atom is -0.299 e. The zero-order chi connectivity index (χ0) is 14.6. The average Bonchev–Trinajstić information content (AvgIpc) is 2.27. The van der Waals surface area contributed by atoms with Gasteiger partial charge in [-0.25, -0.2) is 4.39 Å². The third-order valence-corrected chi connectivity index (χ3v) is 2.92. The van der Waals surface area contributed by atoms with E-state index >= 15 is 0 Å². The minimum absolute atomic E-state index is 0.411. The minimum atomic E-state index is -1.07. The van der Waals surface area contributed by atoms with E-state index in [1.54, 1.807) is 0 Å². The third kappa shape index (κ3) is 3.94. The summed E-state index contributed by atoms with van der Waals surface area (Å²) in [6, 6.07) is 5.03. The van der Waals surface area contributed by atoms with Gasteiger partial charge in [0.2, 0.25) is 6.54 Å². The number of nitro groups is 1. The molecule has 0 radical (unpaired) electrons. The van der Waals surface area contributed by atoms with Gasteiger partial charge in [0.25, 0.3) is 0 Å². The molecule has 5 nitrogen and oxygen atoms in total. The molecule has 0 amide bonds. The van der Waals surface area contributed by atoms with Crippen LogP contribution in [-0.4, -0.2) is 23.0 Å². The van der Waals surface area contributed by atoms with E-state index in [1.165, 1.54) is 26.0 Å². The number of rotatable bonds is 6. The molecule has 0 aliphatic rings. The Bertz CT molecular complexity index is 484. The summed E-state index contributed by atoms with van der Waals surface area (Å²) in [5.74, 6) is -3.28. The van der Waals surface area contributed by atoms with Crippen LogP contribution in [0.2, 0.25) is 0 Å². The first-order valence-electron chi connectivity index (χ1n) is 5.71. The van der Waals surface area contributed by atoms with Crippen molar-refractivity contribution in [2.24, 2.45) is 5.92 Å². The molecule has 0 spiro atoms. The van der Waals surface area contributed by atoms with E-state index in [1.807, 2.05) is 0 Å². The van der Waals surface area contributed by atoms with E-state index in [9.17, 15) is 24.1 Å². The summed E-state index contributed by atoms with van der Waals surface area (Å²) in [5, 5.41) is 10.7. The number of hydrogen-bond donors (Lipinski definition) is 0. The summed E-state index contributed by atoms with van der Waals surface area (Å²) in [4.78, 5) is 33.2. The van der Waals surface area contributed by atoms with Crippen molar-refractivity contribution in [1.82, 2.24) is 0 Å². The lowest BCUT2D eigenvalue weighted by Gasteiger charge is -2.20. The number of carbonyl (C=O) groups excluding carboxylic acids is 2. The van der Waals surface area contributed by atoms with Gasteiger partial charge in [0.05, 0.1) is 11.8 Å². The van der Waals surface area contributed by atoms with Crippen molar-refractivity contribution in [1.29, 1.82) is 0 Å². The lowest BCUT2D eigenvalue weighted by molar-refractivity contribution is -0.484. The van der Waals surface area contributed by atoms with E-state index in [4.69, 9.17) is 0 Å². The first-order chi connectivity index (χ1) is 8.82. The smallest absolute Gasteiger partial charge is 0.211 e. The molecule has 0 aliphatic heterocycles. The maximum Gasteiger partial charge on any atom is 0.211 e. The maximum absolute atomic E-state index is 12.9. The van der Waals surface area contributed by atoms with E-state index in [0.29, 0.717) is 5.56 Å². The largest absolute Gasteiger partial charge is 0.299 e. The number of hydrogen-bond acceptors (Lipinski definition) is 4. The second-order valence-corrected chi connectivity index (χ2v) is 4.37. The van der Waals surface area contributed by atoms with Crippen LogP contribution in [0.25, 0.3) is 0 Å². The van der Waals surface area contributed by atoms with Crippen molar-refractivity contribution in [2.75, 3.05) is 6.54 Å². The fraction of sp³-hybridized carbons (Fsp3) is 0.385. The highest BCUT2D eigenvalue weighted by Crippen LogP contribution is 2.27. The highest BCUT2D eigenvalue weighted by molar-refractivity contribution is 6.01. The van der Waals surface area contributed by atoms with Crippen molar-refractivity contribution in [3.8, 4) is 0 Å². The summed E-state index contributed by atoms with van der Waals surface area (Å²) < 4.78 is 12.9. The molecule has 0 heterocycles. The molecule has 6 heteroatoms. The number of ketones is 2. The first kappa shape index (κ1) is 14.9. The van der Waals surface area contributed by atoms with Crippen molar-refractivity contribution in [2.45, 2.75) is 19.8 Å². The van der Waals surface area contributed by atoms with E-state index in [0.717, 1.165) is 12.1 Å². The molecule has 19 heavy (non-hydrogen) atoms. The lowest BCUT2D eigenvalue weighted by Crippen LogP contribution is -2.31. The van der Waals surface area contributed by atoms with Gasteiger partial charge in [0, 0.05) is 4.92 Å². The van der Waals surface area contributed by atoms with E-state index in [-0.39, 0.29) is 0 Å². The van der Waals surface area contributed by atoms with Crippen LogP contribution in [0.1, 0.15) is 25.3 Å². The van der Waals surface area contributed by atoms with Gasteiger partial charge < -0.3 is 0 Å². The summed E-state index contributed by atoms with van der Waals surface area (Å²) >= 11 is 0.